The van der Waals surface area contributed by atoms with Crippen molar-refractivity contribution < 1.29 is 17.9 Å². The van der Waals surface area contributed by atoms with E-state index in [1.165, 1.54) is 12.1 Å². The molecule has 2 fully saturated rings. The number of morpholine rings is 1. The Kier molecular flexibility index (Phi) is 5.28. The molecule has 0 saturated carbocycles. The quantitative estimate of drug-likeness (QED) is 0.632. The van der Waals surface area contributed by atoms with Crippen molar-refractivity contribution >= 4 is 54.0 Å². The molecule has 3 aromatic rings. The minimum absolute atomic E-state index is 0.0723. The van der Waals surface area contributed by atoms with Crippen molar-refractivity contribution in [3.8, 4) is 0 Å². The van der Waals surface area contributed by atoms with E-state index in [4.69, 9.17) is 4.74 Å². The molecule has 0 unspecified atom stereocenters. The van der Waals surface area contributed by atoms with Gasteiger partial charge in [-0.05, 0) is 48.9 Å². The molecule has 1 amide bonds. The topological polar surface area (TPSA) is 91.8 Å². The summed E-state index contributed by atoms with van der Waals surface area (Å²) >= 11 is 1.54. The summed E-state index contributed by atoms with van der Waals surface area (Å²) in [6.07, 6.45) is 1.36. The van der Waals surface area contributed by atoms with Gasteiger partial charge in [0.15, 0.2) is 5.13 Å². The lowest BCUT2D eigenvalue weighted by Crippen LogP contribution is -2.36. The maximum absolute atomic E-state index is 12.9. The maximum atomic E-state index is 12.9. The van der Waals surface area contributed by atoms with E-state index in [0.29, 0.717) is 31.9 Å². The number of carbonyl (C=O) groups excluding carboxylic acids is 1. The monoisotopic (exact) mass is 458 g/mol. The molecule has 31 heavy (non-hydrogen) atoms. The molecular formula is C21H22N4O4S2. The van der Waals surface area contributed by atoms with Crippen LogP contribution in [0.15, 0.2) is 47.4 Å². The molecule has 0 atom stereocenters. The first-order chi connectivity index (χ1) is 15.0. The third kappa shape index (κ3) is 4.10. The van der Waals surface area contributed by atoms with Crippen molar-refractivity contribution in [2.24, 2.45) is 0 Å². The van der Waals surface area contributed by atoms with Crippen molar-refractivity contribution in [1.82, 2.24) is 4.98 Å². The summed E-state index contributed by atoms with van der Waals surface area (Å²) in [6, 6.07) is 11.8. The van der Waals surface area contributed by atoms with Gasteiger partial charge in [-0.15, -0.1) is 0 Å². The van der Waals surface area contributed by atoms with Gasteiger partial charge in [0, 0.05) is 31.7 Å². The van der Waals surface area contributed by atoms with Crippen LogP contribution in [-0.4, -0.2) is 52.2 Å². The number of thiazole rings is 1. The van der Waals surface area contributed by atoms with Crippen molar-refractivity contribution in [2.75, 3.05) is 47.4 Å². The molecule has 10 heteroatoms. The van der Waals surface area contributed by atoms with Crippen LogP contribution in [0.2, 0.25) is 0 Å². The highest BCUT2D eigenvalue weighted by Gasteiger charge is 2.23. The molecule has 162 valence electrons. The summed E-state index contributed by atoms with van der Waals surface area (Å²) in [5.74, 6) is 0.0723. The van der Waals surface area contributed by atoms with E-state index >= 15 is 0 Å². The van der Waals surface area contributed by atoms with Gasteiger partial charge in [0.05, 0.1) is 34.0 Å². The number of hydrogen-bond acceptors (Lipinski definition) is 7. The zero-order valence-electron chi connectivity index (χ0n) is 16.8. The number of rotatable bonds is 5. The molecule has 2 aliphatic heterocycles. The number of nitrogens with one attached hydrogen (secondary N) is 1. The van der Waals surface area contributed by atoms with Gasteiger partial charge in [-0.1, -0.05) is 11.3 Å². The zero-order chi connectivity index (χ0) is 21.4. The number of sulfonamides is 1. The summed E-state index contributed by atoms with van der Waals surface area (Å²) < 4.78 is 34.7. The molecule has 5 rings (SSSR count). The molecule has 0 spiro atoms. The Bertz CT molecular complexity index is 1220. The maximum Gasteiger partial charge on any atom is 0.261 e. The normalized spacial score (nSPS) is 17.5. The van der Waals surface area contributed by atoms with Crippen LogP contribution in [0.3, 0.4) is 0 Å². The van der Waals surface area contributed by atoms with Gasteiger partial charge >= 0.3 is 0 Å². The zero-order valence-corrected chi connectivity index (χ0v) is 18.4. The van der Waals surface area contributed by atoms with Crippen LogP contribution in [-0.2, 0) is 19.6 Å². The van der Waals surface area contributed by atoms with Crippen LogP contribution in [0.25, 0.3) is 10.2 Å². The van der Waals surface area contributed by atoms with Gasteiger partial charge in [0.1, 0.15) is 0 Å². The first-order valence-electron chi connectivity index (χ1n) is 10.2. The van der Waals surface area contributed by atoms with Crippen LogP contribution >= 0.6 is 11.3 Å². The Morgan fingerprint density at radius 3 is 2.52 bits per heavy atom. The molecule has 2 saturated heterocycles. The Labute approximate surface area is 184 Å². The Morgan fingerprint density at radius 2 is 1.81 bits per heavy atom. The SMILES string of the molecule is O=C1CCCN1c1ccc(S(=O)(=O)Nc2ccc3nc(N4CCOCC4)sc3c2)cc1. The second-order valence-electron chi connectivity index (χ2n) is 7.53. The number of aromatic nitrogens is 1. The summed E-state index contributed by atoms with van der Waals surface area (Å²) in [6.45, 7) is 3.65. The van der Waals surface area contributed by atoms with Crippen molar-refractivity contribution in [1.29, 1.82) is 0 Å². The lowest BCUT2D eigenvalue weighted by Gasteiger charge is -2.25. The van der Waals surface area contributed by atoms with Gasteiger partial charge in [-0.3, -0.25) is 9.52 Å². The smallest absolute Gasteiger partial charge is 0.261 e. The van der Waals surface area contributed by atoms with Crippen molar-refractivity contribution in [2.45, 2.75) is 17.7 Å². The highest BCUT2D eigenvalue weighted by atomic mass is 32.2. The predicted molar refractivity (Wildman–Crippen MR) is 121 cm³/mol. The number of anilines is 3. The average Bonchev–Trinajstić information content (AvgIpc) is 3.40. The van der Waals surface area contributed by atoms with E-state index in [1.807, 2.05) is 12.1 Å². The van der Waals surface area contributed by atoms with Gasteiger partial charge < -0.3 is 14.5 Å². The summed E-state index contributed by atoms with van der Waals surface area (Å²) in [5, 5.41) is 0.922. The summed E-state index contributed by atoms with van der Waals surface area (Å²) in [7, 11) is -3.75. The number of benzene rings is 2. The Morgan fingerprint density at radius 1 is 1.03 bits per heavy atom. The average molecular weight is 459 g/mol. The Hall–Kier alpha value is -2.69. The second kappa shape index (κ2) is 8.10. The van der Waals surface area contributed by atoms with E-state index in [-0.39, 0.29) is 10.8 Å². The first-order valence-corrected chi connectivity index (χ1v) is 12.5. The van der Waals surface area contributed by atoms with E-state index < -0.39 is 10.0 Å². The van der Waals surface area contributed by atoms with Gasteiger partial charge in [-0.25, -0.2) is 13.4 Å². The van der Waals surface area contributed by atoms with Crippen LogP contribution in [0.1, 0.15) is 12.8 Å². The molecule has 8 nitrogen and oxygen atoms in total. The molecule has 2 aliphatic rings. The van der Waals surface area contributed by atoms with Gasteiger partial charge in [0.25, 0.3) is 10.0 Å². The lowest BCUT2D eigenvalue weighted by molar-refractivity contribution is -0.117. The number of ether oxygens (including phenoxy) is 1. The van der Waals surface area contributed by atoms with Crippen molar-refractivity contribution in [3.05, 3.63) is 42.5 Å². The van der Waals surface area contributed by atoms with Crippen molar-refractivity contribution in [3.63, 3.8) is 0 Å². The highest BCUT2D eigenvalue weighted by Crippen LogP contribution is 2.32. The first kappa shape index (κ1) is 20.2. The van der Waals surface area contributed by atoms with Gasteiger partial charge in [0.2, 0.25) is 5.91 Å². The van der Waals surface area contributed by atoms with E-state index in [2.05, 4.69) is 14.6 Å². The van der Waals surface area contributed by atoms with E-state index in [0.717, 1.165) is 40.5 Å². The molecular weight excluding hydrogens is 436 g/mol. The lowest BCUT2D eigenvalue weighted by atomic mass is 10.3. The summed E-state index contributed by atoms with van der Waals surface area (Å²) in [5.41, 5.74) is 2.06. The number of nitrogens with zero attached hydrogens (tertiary/aromatic N) is 3. The van der Waals surface area contributed by atoms with Crippen LogP contribution in [0, 0.1) is 0 Å². The van der Waals surface area contributed by atoms with Crippen LogP contribution in [0.4, 0.5) is 16.5 Å². The number of fused-ring (bicyclic) bond motifs is 1. The second-order valence-corrected chi connectivity index (χ2v) is 10.2. The van der Waals surface area contributed by atoms with Crippen LogP contribution in [0.5, 0.6) is 0 Å². The highest BCUT2D eigenvalue weighted by molar-refractivity contribution is 7.92. The standard InChI is InChI=1S/C21H22N4O4S2/c26-20-2-1-9-25(20)16-4-6-17(7-5-16)31(27,28)23-15-3-8-18-19(14-15)30-21(22-18)24-10-12-29-13-11-24/h3-8,14,23H,1-2,9-13H2. The third-order valence-corrected chi connectivity index (χ3v) is 7.92. The Balaban J connectivity index is 1.34. The summed E-state index contributed by atoms with van der Waals surface area (Å²) in [4.78, 5) is 20.6. The fraction of sp³-hybridized carbons (Fsp3) is 0.333. The fourth-order valence-corrected chi connectivity index (χ4v) is 5.91. The third-order valence-electron chi connectivity index (χ3n) is 5.44. The van der Waals surface area contributed by atoms with Gasteiger partial charge in [-0.2, -0.15) is 0 Å². The van der Waals surface area contributed by atoms with E-state index in [9.17, 15) is 13.2 Å². The van der Waals surface area contributed by atoms with Crippen LogP contribution < -0.4 is 14.5 Å². The molecule has 0 aliphatic carbocycles. The predicted octanol–water partition coefficient (Wildman–Crippen LogP) is 3.06. The molecule has 0 bridgehead atoms. The molecule has 1 N–H and O–H groups in total. The molecule has 1 aromatic heterocycles. The largest absolute Gasteiger partial charge is 0.378 e. The fourth-order valence-electron chi connectivity index (χ4n) is 3.81. The molecule has 3 heterocycles. The minimum Gasteiger partial charge on any atom is -0.378 e. The molecule has 0 radical (unpaired) electrons. The number of amides is 1. The minimum atomic E-state index is -3.75. The van der Waals surface area contributed by atoms with E-state index in [1.54, 1.807) is 34.4 Å². The molecule has 2 aromatic carbocycles. The number of carbonyl (C=O) groups is 1. The number of hydrogen-bond donors (Lipinski definition) is 1.